The van der Waals surface area contributed by atoms with Gasteiger partial charge in [0.2, 0.25) is 0 Å². The Morgan fingerprint density at radius 3 is 3.16 bits per heavy atom. The number of hydrogen-bond donors (Lipinski definition) is 1. The number of carboxylic acid groups (broad SMARTS) is 1. The molecule has 0 aromatic heterocycles. The zero-order chi connectivity index (χ0) is 13.5. The molecule has 1 aliphatic rings. The third-order valence-electron chi connectivity index (χ3n) is 2.91. The van der Waals surface area contributed by atoms with E-state index in [9.17, 15) is 4.79 Å². The lowest BCUT2D eigenvalue weighted by Crippen LogP contribution is -2.10. The smallest absolute Gasteiger partial charge is 0.335 e. The van der Waals surface area contributed by atoms with E-state index in [1.165, 1.54) is 6.42 Å². The maximum atomic E-state index is 10.8. The lowest BCUT2D eigenvalue weighted by Gasteiger charge is -2.09. The largest absolute Gasteiger partial charge is 0.493 e. The van der Waals surface area contributed by atoms with Gasteiger partial charge in [0.1, 0.15) is 5.75 Å². The standard InChI is InChI=1S/C14H18O4S/c15-14(16)11-3-1-4-12(9-11)18-7-8-19-10-13-5-2-6-17-13/h1,3-4,9,13H,2,5-8,10H2,(H,15,16). The average Bonchev–Trinajstić information content (AvgIpc) is 2.92. The molecule has 2 rings (SSSR count). The number of carboxylic acids is 1. The van der Waals surface area contributed by atoms with Gasteiger partial charge in [-0.2, -0.15) is 11.8 Å². The first-order valence-corrected chi connectivity index (χ1v) is 7.56. The Kier molecular flexibility index (Phi) is 5.54. The predicted octanol–water partition coefficient (Wildman–Crippen LogP) is 2.68. The molecule has 1 unspecified atom stereocenters. The van der Waals surface area contributed by atoms with E-state index in [0.29, 0.717) is 18.5 Å². The molecule has 0 spiro atoms. The number of thioether (sulfide) groups is 1. The number of rotatable bonds is 7. The minimum atomic E-state index is -0.932. The van der Waals surface area contributed by atoms with E-state index in [-0.39, 0.29) is 5.56 Å². The molecule has 1 aromatic carbocycles. The first-order valence-electron chi connectivity index (χ1n) is 6.41. The molecule has 1 atom stereocenters. The second-order valence-electron chi connectivity index (χ2n) is 4.39. The van der Waals surface area contributed by atoms with Gasteiger partial charge < -0.3 is 14.6 Å². The molecule has 0 bridgehead atoms. The molecule has 0 radical (unpaired) electrons. The summed E-state index contributed by atoms with van der Waals surface area (Å²) in [6.07, 6.45) is 2.73. The summed E-state index contributed by atoms with van der Waals surface area (Å²) in [4.78, 5) is 10.8. The highest BCUT2D eigenvalue weighted by atomic mass is 32.2. The van der Waals surface area contributed by atoms with Crippen LogP contribution in [0.2, 0.25) is 0 Å². The van der Waals surface area contributed by atoms with Gasteiger partial charge in [0.25, 0.3) is 0 Å². The van der Waals surface area contributed by atoms with E-state index >= 15 is 0 Å². The summed E-state index contributed by atoms with van der Waals surface area (Å²) in [6, 6.07) is 6.57. The molecule has 1 heterocycles. The van der Waals surface area contributed by atoms with Crippen LogP contribution in [-0.4, -0.2) is 41.9 Å². The van der Waals surface area contributed by atoms with Crippen LogP contribution in [-0.2, 0) is 4.74 Å². The summed E-state index contributed by atoms with van der Waals surface area (Å²) in [5.41, 5.74) is 0.254. The third kappa shape index (κ3) is 4.76. The number of hydrogen-bond acceptors (Lipinski definition) is 4. The highest BCUT2D eigenvalue weighted by molar-refractivity contribution is 7.99. The Labute approximate surface area is 117 Å². The van der Waals surface area contributed by atoms with Crippen molar-refractivity contribution >= 4 is 17.7 Å². The minimum Gasteiger partial charge on any atom is -0.493 e. The van der Waals surface area contributed by atoms with E-state index in [2.05, 4.69) is 0 Å². The monoisotopic (exact) mass is 282 g/mol. The third-order valence-corrected chi connectivity index (χ3v) is 3.97. The van der Waals surface area contributed by atoms with Crippen LogP contribution in [0.4, 0.5) is 0 Å². The molecule has 0 aliphatic carbocycles. The summed E-state index contributed by atoms with van der Waals surface area (Å²) < 4.78 is 11.1. The summed E-state index contributed by atoms with van der Waals surface area (Å²) in [5, 5.41) is 8.87. The topological polar surface area (TPSA) is 55.8 Å². The number of aromatic carboxylic acids is 1. The molecule has 4 nitrogen and oxygen atoms in total. The van der Waals surface area contributed by atoms with Crippen molar-refractivity contribution in [3.63, 3.8) is 0 Å². The van der Waals surface area contributed by atoms with Gasteiger partial charge in [0, 0.05) is 18.1 Å². The van der Waals surface area contributed by atoms with Crippen LogP contribution in [0.5, 0.6) is 5.75 Å². The first-order chi connectivity index (χ1) is 9.25. The normalized spacial score (nSPS) is 18.4. The van der Waals surface area contributed by atoms with Crippen LogP contribution in [0.15, 0.2) is 24.3 Å². The second-order valence-corrected chi connectivity index (χ2v) is 5.54. The number of ether oxygens (including phenoxy) is 2. The van der Waals surface area contributed by atoms with Crippen molar-refractivity contribution in [2.45, 2.75) is 18.9 Å². The van der Waals surface area contributed by atoms with E-state index in [4.69, 9.17) is 14.6 Å². The van der Waals surface area contributed by atoms with E-state index < -0.39 is 5.97 Å². The first kappa shape index (κ1) is 14.2. The molecule has 0 amide bonds. The van der Waals surface area contributed by atoms with Crippen LogP contribution in [0.25, 0.3) is 0 Å². The van der Waals surface area contributed by atoms with Gasteiger partial charge in [0.05, 0.1) is 18.3 Å². The van der Waals surface area contributed by atoms with Gasteiger partial charge in [-0.1, -0.05) is 6.07 Å². The van der Waals surface area contributed by atoms with E-state index in [1.807, 2.05) is 11.8 Å². The molecule has 0 saturated carbocycles. The van der Waals surface area contributed by atoms with Crippen molar-refractivity contribution in [3.05, 3.63) is 29.8 Å². The van der Waals surface area contributed by atoms with Gasteiger partial charge >= 0.3 is 5.97 Å². The second kappa shape index (κ2) is 7.40. The molecule has 1 aromatic rings. The molecule has 5 heteroatoms. The summed E-state index contributed by atoms with van der Waals surface area (Å²) in [5.74, 6) is 1.58. The number of carbonyl (C=O) groups is 1. The van der Waals surface area contributed by atoms with Crippen LogP contribution in [0.3, 0.4) is 0 Å². The Morgan fingerprint density at radius 2 is 2.42 bits per heavy atom. The van der Waals surface area contributed by atoms with Crippen LogP contribution in [0, 0.1) is 0 Å². The van der Waals surface area contributed by atoms with Gasteiger partial charge in [-0.15, -0.1) is 0 Å². The molecular formula is C14H18O4S. The fourth-order valence-electron chi connectivity index (χ4n) is 1.93. The maximum Gasteiger partial charge on any atom is 0.335 e. The van der Waals surface area contributed by atoms with Crippen molar-refractivity contribution in [2.75, 3.05) is 24.7 Å². The average molecular weight is 282 g/mol. The summed E-state index contributed by atoms with van der Waals surface area (Å²) >= 11 is 1.81. The quantitative estimate of drug-likeness (QED) is 0.779. The molecule has 1 aliphatic heterocycles. The molecule has 104 valence electrons. The fourth-order valence-corrected chi connectivity index (χ4v) is 2.82. The van der Waals surface area contributed by atoms with Crippen molar-refractivity contribution in [1.82, 2.24) is 0 Å². The molecule has 1 fully saturated rings. The van der Waals surface area contributed by atoms with Crippen molar-refractivity contribution < 1.29 is 19.4 Å². The van der Waals surface area contributed by atoms with E-state index in [0.717, 1.165) is 24.5 Å². The Hall–Kier alpha value is -1.20. The van der Waals surface area contributed by atoms with Crippen molar-refractivity contribution in [1.29, 1.82) is 0 Å². The van der Waals surface area contributed by atoms with Gasteiger partial charge in [0.15, 0.2) is 0 Å². The Morgan fingerprint density at radius 1 is 1.53 bits per heavy atom. The highest BCUT2D eigenvalue weighted by Crippen LogP contribution is 2.18. The number of benzene rings is 1. The SMILES string of the molecule is O=C(O)c1cccc(OCCSCC2CCCO2)c1. The van der Waals surface area contributed by atoms with Crippen molar-refractivity contribution in [3.8, 4) is 5.75 Å². The van der Waals surface area contributed by atoms with Gasteiger partial charge in [-0.05, 0) is 31.0 Å². The fraction of sp³-hybridized carbons (Fsp3) is 0.500. The Bertz CT molecular complexity index is 416. The van der Waals surface area contributed by atoms with Crippen molar-refractivity contribution in [2.24, 2.45) is 0 Å². The zero-order valence-electron chi connectivity index (χ0n) is 10.7. The maximum absolute atomic E-state index is 10.8. The summed E-state index contributed by atoms with van der Waals surface area (Å²) in [6.45, 7) is 1.48. The molecule has 1 saturated heterocycles. The Balaban J connectivity index is 1.64. The van der Waals surface area contributed by atoms with Crippen LogP contribution < -0.4 is 4.74 Å². The van der Waals surface area contributed by atoms with Crippen LogP contribution >= 0.6 is 11.8 Å². The van der Waals surface area contributed by atoms with E-state index in [1.54, 1.807) is 24.3 Å². The lowest BCUT2D eigenvalue weighted by atomic mass is 10.2. The summed E-state index contributed by atoms with van der Waals surface area (Å²) in [7, 11) is 0. The van der Waals surface area contributed by atoms with Gasteiger partial charge in [-0.3, -0.25) is 0 Å². The predicted molar refractivity (Wildman–Crippen MR) is 75.2 cm³/mol. The molecule has 19 heavy (non-hydrogen) atoms. The molecule has 1 N–H and O–H groups in total. The minimum absolute atomic E-state index is 0.254. The van der Waals surface area contributed by atoms with Crippen LogP contribution in [0.1, 0.15) is 23.2 Å². The highest BCUT2D eigenvalue weighted by Gasteiger charge is 2.14. The zero-order valence-corrected chi connectivity index (χ0v) is 11.5. The molecular weight excluding hydrogens is 264 g/mol. The lowest BCUT2D eigenvalue weighted by molar-refractivity contribution is 0.0696. The van der Waals surface area contributed by atoms with Gasteiger partial charge in [-0.25, -0.2) is 4.79 Å².